The second-order valence-electron chi connectivity index (χ2n) is 4.46. The van der Waals surface area contributed by atoms with Gasteiger partial charge in [-0.3, -0.25) is 0 Å². The predicted molar refractivity (Wildman–Crippen MR) is 69.0 cm³/mol. The number of benzene rings is 1. The number of rotatable bonds is 4. The number of halogens is 1. The fourth-order valence-corrected chi connectivity index (χ4v) is 2.19. The number of nitrogen functional groups attached to an aromatic ring is 1. The van der Waals surface area contributed by atoms with Gasteiger partial charge in [-0.2, -0.15) is 0 Å². The van der Waals surface area contributed by atoms with E-state index in [0.717, 1.165) is 21.8 Å². The summed E-state index contributed by atoms with van der Waals surface area (Å²) in [6.07, 6.45) is 4.06. The molecular formula is C12H17BrN2. The molecule has 0 spiro atoms. The molecule has 1 aliphatic carbocycles. The van der Waals surface area contributed by atoms with E-state index in [1.165, 1.54) is 19.3 Å². The van der Waals surface area contributed by atoms with E-state index in [0.29, 0.717) is 6.04 Å². The zero-order chi connectivity index (χ0) is 10.8. The van der Waals surface area contributed by atoms with Gasteiger partial charge in [0.1, 0.15) is 0 Å². The van der Waals surface area contributed by atoms with E-state index >= 15 is 0 Å². The van der Waals surface area contributed by atoms with Gasteiger partial charge in [0.05, 0.1) is 11.4 Å². The highest BCUT2D eigenvalue weighted by atomic mass is 79.9. The van der Waals surface area contributed by atoms with Crippen molar-refractivity contribution in [2.75, 3.05) is 11.1 Å². The maximum atomic E-state index is 5.90. The average molecular weight is 269 g/mol. The van der Waals surface area contributed by atoms with Crippen LogP contribution in [0.2, 0.25) is 0 Å². The molecule has 82 valence electrons. The van der Waals surface area contributed by atoms with Crippen LogP contribution in [0, 0.1) is 5.92 Å². The van der Waals surface area contributed by atoms with Crippen LogP contribution in [0.5, 0.6) is 0 Å². The molecule has 0 saturated heterocycles. The first-order valence-corrected chi connectivity index (χ1v) is 6.26. The molecule has 3 heteroatoms. The quantitative estimate of drug-likeness (QED) is 0.819. The first-order valence-electron chi connectivity index (χ1n) is 5.46. The smallest absolute Gasteiger partial charge is 0.0587 e. The van der Waals surface area contributed by atoms with E-state index in [4.69, 9.17) is 5.73 Å². The Labute approximate surface area is 99.4 Å². The summed E-state index contributed by atoms with van der Waals surface area (Å²) in [7, 11) is 0. The molecule has 15 heavy (non-hydrogen) atoms. The third-order valence-electron chi connectivity index (χ3n) is 2.80. The maximum Gasteiger partial charge on any atom is 0.0587 e. The monoisotopic (exact) mass is 268 g/mol. The summed E-state index contributed by atoms with van der Waals surface area (Å²) in [5.74, 6) is 0.945. The van der Waals surface area contributed by atoms with Crippen LogP contribution in [0.4, 0.5) is 11.4 Å². The fourth-order valence-electron chi connectivity index (χ4n) is 1.83. The van der Waals surface area contributed by atoms with Gasteiger partial charge in [0.2, 0.25) is 0 Å². The van der Waals surface area contributed by atoms with E-state index in [1.807, 2.05) is 18.2 Å². The molecule has 1 saturated carbocycles. The Kier molecular flexibility index (Phi) is 3.19. The highest BCUT2D eigenvalue weighted by Gasteiger charge is 2.23. The molecule has 1 atom stereocenters. The number of nitrogens with two attached hydrogens (primary N) is 1. The number of hydrogen-bond acceptors (Lipinski definition) is 2. The number of nitrogens with one attached hydrogen (secondary N) is 1. The number of anilines is 2. The topological polar surface area (TPSA) is 38.0 Å². The largest absolute Gasteiger partial charge is 0.397 e. The molecule has 1 aliphatic rings. The van der Waals surface area contributed by atoms with Crippen LogP contribution in [0.25, 0.3) is 0 Å². The van der Waals surface area contributed by atoms with Crippen LogP contribution >= 0.6 is 15.9 Å². The molecule has 0 radical (unpaired) electrons. The van der Waals surface area contributed by atoms with Crippen LogP contribution < -0.4 is 11.1 Å². The summed E-state index contributed by atoms with van der Waals surface area (Å²) in [5.41, 5.74) is 7.76. The van der Waals surface area contributed by atoms with Gasteiger partial charge in [0.15, 0.2) is 0 Å². The lowest BCUT2D eigenvalue weighted by Gasteiger charge is -2.16. The van der Waals surface area contributed by atoms with Gasteiger partial charge < -0.3 is 11.1 Å². The van der Waals surface area contributed by atoms with Crippen molar-refractivity contribution in [2.24, 2.45) is 5.92 Å². The maximum absolute atomic E-state index is 5.90. The first kappa shape index (κ1) is 10.8. The van der Waals surface area contributed by atoms with Crippen molar-refractivity contribution in [1.29, 1.82) is 0 Å². The Morgan fingerprint density at radius 2 is 2.27 bits per heavy atom. The molecule has 3 N–H and O–H groups in total. The average Bonchev–Trinajstić information content (AvgIpc) is 2.95. The van der Waals surface area contributed by atoms with Gasteiger partial charge in [0.25, 0.3) is 0 Å². The molecule has 1 aromatic rings. The van der Waals surface area contributed by atoms with Crippen LogP contribution in [0.1, 0.15) is 26.2 Å². The lowest BCUT2D eigenvalue weighted by Crippen LogP contribution is -2.16. The van der Waals surface area contributed by atoms with Crippen LogP contribution in [0.3, 0.4) is 0 Å². The minimum atomic E-state index is 0.508. The van der Waals surface area contributed by atoms with Crippen molar-refractivity contribution >= 4 is 27.3 Å². The van der Waals surface area contributed by atoms with Gasteiger partial charge in [-0.05, 0) is 37.5 Å². The third-order valence-corrected chi connectivity index (χ3v) is 3.29. The minimum Gasteiger partial charge on any atom is -0.397 e. The Morgan fingerprint density at radius 3 is 2.93 bits per heavy atom. The van der Waals surface area contributed by atoms with Gasteiger partial charge in [-0.25, -0.2) is 0 Å². The van der Waals surface area contributed by atoms with E-state index in [-0.39, 0.29) is 0 Å². The fraction of sp³-hybridized carbons (Fsp3) is 0.500. The van der Waals surface area contributed by atoms with E-state index < -0.39 is 0 Å². The minimum absolute atomic E-state index is 0.508. The molecule has 0 heterocycles. The van der Waals surface area contributed by atoms with Gasteiger partial charge in [-0.15, -0.1) is 0 Å². The highest BCUT2D eigenvalue weighted by Crippen LogP contribution is 2.34. The molecular weight excluding hydrogens is 252 g/mol. The Morgan fingerprint density at radius 1 is 1.53 bits per heavy atom. The Bertz CT molecular complexity index is 347. The van der Waals surface area contributed by atoms with Crippen LogP contribution in [0.15, 0.2) is 22.7 Å². The summed E-state index contributed by atoms with van der Waals surface area (Å²) < 4.78 is 1.07. The molecule has 1 unspecified atom stereocenters. The van der Waals surface area contributed by atoms with Crippen molar-refractivity contribution in [1.82, 2.24) is 0 Å². The lowest BCUT2D eigenvalue weighted by atomic mass is 10.1. The van der Waals surface area contributed by atoms with Crippen molar-refractivity contribution < 1.29 is 0 Å². The second kappa shape index (κ2) is 4.44. The molecule has 2 nitrogen and oxygen atoms in total. The van der Waals surface area contributed by atoms with E-state index in [2.05, 4.69) is 28.2 Å². The zero-order valence-electron chi connectivity index (χ0n) is 8.96. The summed E-state index contributed by atoms with van der Waals surface area (Å²) in [6, 6.07) is 6.44. The zero-order valence-corrected chi connectivity index (χ0v) is 10.5. The van der Waals surface area contributed by atoms with Crippen molar-refractivity contribution in [3.63, 3.8) is 0 Å². The van der Waals surface area contributed by atoms with Gasteiger partial charge in [0, 0.05) is 10.5 Å². The highest BCUT2D eigenvalue weighted by molar-refractivity contribution is 9.10. The van der Waals surface area contributed by atoms with E-state index in [9.17, 15) is 0 Å². The van der Waals surface area contributed by atoms with Gasteiger partial charge in [-0.1, -0.05) is 28.8 Å². The molecule has 0 aromatic heterocycles. The molecule has 0 amide bonds. The normalized spacial score (nSPS) is 17.5. The summed E-state index contributed by atoms with van der Waals surface area (Å²) >= 11 is 3.45. The Balaban J connectivity index is 1.98. The molecule has 0 bridgehead atoms. The van der Waals surface area contributed by atoms with E-state index in [1.54, 1.807) is 0 Å². The van der Waals surface area contributed by atoms with Gasteiger partial charge >= 0.3 is 0 Å². The summed E-state index contributed by atoms with van der Waals surface area (Å²) in [4.78, 5) is 0. The number of hydrogen-bond donors (Lipinski definition) is 2. The molecule has 0 aliphatic heterocycles. The second-order valence-corrected chi connectivity index (χ2v) is 5.37. The SMILES string of the molecule is CC(CC1CC1)Nc1cc(Br)ccc1N. The van der Waals surface area contributed by atoms with Crippen LogP contribution in [-0.2, 0) is 0 Å². The summed E-state index contributed by atoms with van der Waals surface area (Å²) in [6.45, 7) is 2.22. The van der Waals surface area contributed by atoms with Crippen molar-refractivity contribution in [2.45, 2.75) is 32.2 Å². The molecule has 1 aromatic carbocycles. The molecule has 1 fully saturated rings. The molecule has 2 rings (SSSR count). The Hall–Kier alpha value is -0.700. The standard InChI is InChI=1S/C12H17BrN2/c1-8(6-9-2-3-9)15-12-7-10(13)4-5-11(12)14/h4-5,7-9,15H,2-3,6,14H2,1H3. The first-order chi connectivity index (χ1) is 7.15. The van der Waals surface area contributed by atoms with Crippen molar-refractivity contribution in [3.05, 3.63) is 22.7 Å². The third kappa shape index (κ3) is 3.13. The summed E-state index contributed by atoms with van der Waals surface area (Å²) in [5, 5.41) is 3.47. The lowest BCUT2D eigenvalue weighted by molar-refractivity contribution is 0.642. The predicted octanol–water partition coefficient (Wildman–Crippen LogP) is 3.63. The van der Waals surface area contributed by atoms with Crippen LogP contribution in [-0.4, -0.2) is 6.04 Å². The van der Waals surface area contributed by atoms with Crippen molar-refractivity contribution in [3.8, 4) is 0 Å².